The summed E-state index contributed by atoms with van der Waals surface area (Å²) in [5, 5.41) is 0. The van der Waals surface area contributed by atoms with Gasteiger partial charge in [0.25, 0.3) is 0 Å². The first-order valence-corrected chi connectivity index (χ1v) is 7.17. The van der Waals surface area contributed by atoms with Gasteiger partial charge >= 0.3 is 0 Å². The molecule has 3 nitrogen and oxygen atoms in total. The van der Waals surface area contributed by atoms with E-state index in [0.717, 1.165) is 6.42 Å². The molecule has 0 radical (unpaired) electrons. The van der Waals surface area contributed by atoms with Crippen molar-refractivity contribution in [3.8, 4) is 11.5 Å². The molecule has 1 aliphatic heterocycles. The van der Waals surface area contributed by atoms with Gasteiger partial charge in [0.2, 0.25) is 5.78 Å². The largest absolute Gasteiger partial charge is 0.497 e. The highest BCUT2D eigenvalue weighted by atomic mass is 16.5. The second-order valence-electron chi connectivity index (χ2n) is 5.57. The summed E-state index contributed by atoms with van der Waals surface area (Å²) in [6.07, 6.45) is 7.02. The van der Waals surface area contributed by atoms with Crippen molar-refractivity contribution in [3.63, 3.8) is 0 Å². The van der Waals surface area contributed by atoms with Gasteiger partial charge in [-0.3, -0.25) is 4.79 Å². The minimum atomic E-state index is -0.273. The SMILES string of the molecule is COc1ccc2c(c1)C(=O)[C@@H](CC1CCCCC1)O2. The van der Waals surface area contributed by atoms with E-state index in [4.69, 9.17) is 9.47 Å². The van der Waals surface area contributed by atoms with Gasteiger partial charge in [0, 0.05) is 0 Å². The molecule has 0 bridgehead atoms. The molecule has 2 aliphatic rings. The van der Waals surface area contributed by atoms with Crippen LogP contribution in [0.1, 0.15) is 48.9 Å². The Labute approximate surface area is 113 Å². The number of ether oxygens (including phenoxy) is 2. The summed E-state index contributed by atoms with van der Waals surface area (Å²) >= 11 is 0. The molecule has 0 N–H and O–H groups in total. The lowest BCUT2D eigenvalue weighted by molar-refractivity contribution is 0.0806. The topological polar surface area (TPSA) is 35.5 Å². The molecule has 1 aromatic rings. The third kappa shape index (κ3) is 2.46. The smallest absolute Gasteiger partial charge is 0.207 e. The fourth-order valence-corrected chi connectivity index (χ4v) is 3.19. The van der Waals surface area contributed by atoms with E-state index in [1.807, 2.05) is 12.1 Å². The lowest BCUT2D eigenvalue weighted by Crippen LogP contribution is -2.25. The van der Waals surface area contributed by atoms with Crippen LogP contribution < -0.4 is 9.47 Å². The second-order valence-corrected chi connectivity index (χ2v) is 5.57. The first-order chi connectivity index (χ1) is 9.28. The number of hydrogen-bond acceptors (Lipinski definition) is 3. The molecule has 1 aliphatic carbocycles. The van der Waals surface area contributed by atoms with Crippen LogP contribution in [0, 0.1) is 5.92 Å². The standard InChI is InChI=1S/C16H20O3/c1-18-12-7-8-14-13(10-12)16(17)15(19-14)9-11-5-3-2-4-6-11/h7-8,10-11,15H,2-6,9H2,1H3/t15-/m1/s1. The highest BCUT2D eigenvalue weighted by Crippen LogP contribution is 2.36. The molecule has 0 aromatic heterocycles. The van der Waals surface area contributed by atoms with Gasteiger partial charge in [-0.1, -0.05) is 32.1 Å². The number of carbonyl (C=O) groups excluding carboxylic acids is 1. The normalized spacial score (nSPS) is 23.0. The third-order valence-electron chi connectivity index (χ3n) is 4.29. The Morgan fingerprint density at radius 1 is 1.26 bits per heavy atom. The predicted molar refractivity (Wildman–Crippen MR) is 72.9 cm³/mol. The molecule has 1 aromatic carbocycles. The van der Waals surface area contributed by atoms with Crippen molar-refractivity contribution in [2.24, 2.45) is 5.92 Å². The van der Waals surface area contributed by atoms with E-state index in [1.54, 1.807) is 13.2 Å². The molecule has 0 unspecified atom stereocenters. The first kappa shape index (κ1) is 12.5. The molecule has 1 saturated carbocycles. The predicted octanol–water partition coefficient (Wildman–Crippen LogP) is 3.61. The van der Waals surface area contributed by atoms with Crippen LogP contribution in [-0.2, 0) is 0 Å². The van der Waals surface area contributed by atoms with Gasteiger partial charge in [0.05, 0.1) is 12.7 Å². The molecule has 1 fully saturated rings. The minimum absolute atomic E-state index is 0.125. The molecule has 0 saturated heterocycles. The van der Waals surface area contributed by atoms with Crippen LogP contribution in [0.3, 0.4) is 0 Å². The van der Waals surface area contributed by atoms with Crippen LogP contribution in [0.4, 0.5) is 0 Å². The molecule has 3 rings (SSSR count). The van der Waals surface area contributed by atoms with Crippen molar-refractivity contribution in [2.75, 3.05) is 7.11 Å². The molecule has 19 heavy (non-hydrogen) atoms. The number of benzene rings is 1. The molecule has 1 atom stereocenters. The number of Topliss-reactive ketones (excluding diaryl/α,β-unsaturated/α-hetero) is 1. The highest BCUT2D eigenvalue weighted by Gasteiger charge is 2.34. The van der Waals surface area contributed by atoms with Crippen molar-refractivity contribution < 1.29 is 14.3 Å². The minimum Gasteiger partial charge on any atom is -0.497 e. The monoisotopic (exact) mass is 260 g/mol. The fraction of sp³-hybridized carbons (Fsp3) is 0.562. The summed E-state index contributed by atoms with van der Waals surface area (Å²) in [6.45, 7) is 0. The van der Waals surface area contributed by atoms with Gasteiger partial charge in [0.1, 0.15) is 11.5 Å². The van der Waals surface area contributed by atoms with E-state index >= 15 is 0 Å². The Bertz CT molecular complexity index is 475. The summed E-state index contributed by atoms with van der Waals surface area (Å²) in [7, 11) is 1.61. The summed E-state index contributed by atoms with van der Waals surface area (Å²) in [6, 6.07) is 5.47. The van der Waals surface area contributed by atoms with E-state index in [9.17, 15) is 4.79 Å². The molecule has 1 heterocycles. The van der Waals surface area contributed by atoms with Crippen LogP contribution in [0.25, 0.3) is 0 Å². The van der Waals surface area contributed by atoms with Gasteiger partial charge in [-0.15, -0.1) is 0 Å². The lowest BCUT2D eigenvalue weighted by atomic mass is 9.84. The number of methoxy groups -OCH3 is 1. The summed E-state index contributed by atoms with van der Waals surface area (Å²) in [5.41, 5.74) is 0.681. The van der Waals surface area contributed by atoms with E-state index in [-0.39, 0.29) is 11.9 Å². The maximum atomic E-state index is 12.4. The molecule has 0 spiro atoms. The van der Waals surface area contributed by atoms with Crippen LogP contribution in [-0.4, -0.2) is 19.0 Å². The average molecular weight is 260 g/mol. The zero-order valence-electron chi connectivity index (χ0n) is 11.4. The maximum Gasteiger partial charge on any atom is 0.207 e. The van der Waals surface area contributed by atoms with Gasteiger partial charge in [-0.05, 0) is 30.5 Å². The highest BCUT2D eigenvalue weighted by molar-refractivity contribution is 6.04. The molecule has 0 amide bonds. The molecular weight excluding hydrogens is 240 g/mol. The molecule has 3 heteroatoms. The number of ketones is 1. The number of fused-ring (bicyclic) bond motifs is 1. The third-order valence-corrected chi connectivity index (χ3v) is 4.29. The van der Waals surface area contributed by atoms with Crippen LogP contribution in [0.2, 0.25) is 0 Å². The van der Waals surface area contributed by atoms with Crippen LogP contribution in [0.5, 0.6) is 11.5 Å². The average Bonchev–Trinajstić information content (AvgIpc) is 2.76. The summed E-state index contributed by atoms with van der Waals surface area (Å²) in [4.78, 5) is 12.4. The lowest BCUT2D eigenvalue weighted by Gasteiger charge is -2.23. The first-order valence-electron chi connectivity index (χ1n) is 7.17. The van der Waals surface area contributed by atoms with Crippen molar-refractivity contribution in [1.82, 2.24) is 0 Å². The van der Waals surface area contributed by atoms with Gasteiger partial charge in [0.15, 0.2) is 6.10 Å². The maximum absolute atomic E-state index is 12.4. The Balaban J connectivity index is 1.71. The van der Waals surface area contributed by atoms with E-state index in [1.165, 1.54) is 32.1 Å². The van der Waals surface area contributed by atoms with Crippen LogP contribution >= 0.6 is 0 Å². The Morgan fingerprint density at radius 2 is 2.05 bits per heavy atom. The zero-order valence-corrected chi connectivity index (χ0v) is 11.4. The van der Waals surface area contributed by atoms with Crippen molar-refractivity contribution in [1.29, 1.82) is 0 Å². The number of carbonyl (C=O) groups is 1. The van der Waals surface area contributed by atoms with Gasteiger partial charge in [-0.25, -0.2) is 0 Å². The van der Waals surface area contributed by atoms with Gasteiger partial charge < -0.3 is 9.47 Å². The van der Waals surface area contributed by atoms with Crippen molar-refractivity contribution >= 4 is 5.78 Å². The van der Waals surface area contributed by atoms with E-state index < -0.39 is 0 Å². The van der Waals surface area contributed by atoms with Crippen molar-refractivity contribution in [2.45, 2.75) is 44.6 Å². The Kier molecular flexibility index (Phi) is 3.45. The molecule has 102 valence electrons. The zero-order chi connectivity index (χ0) is 13.2. The fourth-order valence-electron chi connectivity index (χ4n) is 3.19. The summed E-state index contributed by atoms with van der Waals surface area (Å²) < 4.78 is 11.0. The summed E-state index contributed by atoms with van der Waals surface area (Å²) in [5.74, 6) is 2.21. The Morgan fingerprint density at radius 3 is 2.79 bits per heavy atom. The van der Waals surface area contributed by atoms with E-state index in [2.05, 4.69) is 0 Å². The number of rotatable bonds is 3. The van der Waals surface area contributed by atoms with E-state index in [0.29, 0.717) is 23.0 Å². The quantitative estimate of drug-likeness (QED) is 0.832. The second kappa shape index (κ2) is 5.24. The van der Waals surface area contributed by atoms with Crippen LogP contribution in [0.15, 0.2) is 18.2 Å². The molecular formula is C16H20O3. The number of hydrogen-bond donors (Lipinski definition) is 0. The van der Waals surface area contributed by atoms with Gasteiger partial charge in [-0.2, -0.15) is 0 Å². The Hall–Kier alpha value is -1.51. The van der Waals surface area contributed by atoms with Crippen molar-refractivity contribution in [3.05, 3.63) is 23.8 Å².